The lowest BCUT2D eigenvalue weighted by Gasteiger charge is -2.34. The van der Waals surface area contributed by atoms with Crippen molar-refractivity contribution in [3.8, 4) is 5.75 Å². The number of ketones is 1. The second kappa shape index (κ2) is 8.44. The molecule has 30 heavy (non-hydrogen) atoms. The van der Waals surface area contributed by atoms with Gasteiger partial charge in [0.15, 0.2) is 5.78 Å². The predicted octanol–water partition coefficient (Wildman–Crippen LogP) is 5.78. The zero-order valence-electron chi connectivity index (χ0n) is 16.9. The quantitative estimate of drug-likeness (QED) is 0.650. The Balaban J connectivity index is 1.64. The number of hydrogen-bond acceptors (Lipinski definition) is 3. The van der Waals surface area contributed by atoms with Crippen molar-refractivity contribution in [2.45, 2.75) is 51.0 Å². The third kappa shape index (κ3) is 4.26. The molecule has 0 saturated heterocycles. The Morgan fingerprint density at radius 2 is 1.63 bits per heavy atom. The summed E-state index contributed by atoms with van der Waals surface area (Å²) in [5.74, 6) is 0.512. The van der Waals surface area contributed by atoms with E-state index in [1.165, 1.54) is 0 Å². The lowest BCUT2D eigenvalue weighted by molar-refractivity contribution is -0.122. The molecule has 4 rings (SSSR count). The molecule has 2 unspecified atom stereocenters. The number of amides is 1. The highest BCUT2D eigenvalue weighted by Crippen LogP contribution is 2.43. The van der Waals surface area contributed by atoms with E-state index in [4.69, 9.17) is 27.9 Å². The molecule has 2 atom stereocenters. The van der Waals surface area contributed by atoms with Gasteiger partial charge in [0.2, 0.25) is 5.91 Å². The zero-order valence-corrected chi connectivity index (χ0v) is 18.4. The van der Waals surface area contributed by atoms with Crippen molar-refractivity contribution in [3.63, 3.8) is 0 Å². The largest absolute Gasteiger partial charge is 0.491 e. The number of allylic oxidation sites excluding steroid dienone is 2. The van der Waals surface area contributed by atoms with Crippen LogP contribution in [-0.4, -0.2) is 17.8 Å². The first-order chi connectivity index (χ1) is 14.3. The topological polar surface area (TPSA) is 55.4 Å². The number of carbonyl (C=O) groups is 2. The third-order valence-electron chi connectivity index (χ3n) is 5.61. The number of hydrogen-bond donors (Lipinski definition) is 1. The zero-order chi connectivity index (χ0) is 21.4. The molecule has 0 bridgehead atoms. The molecule has 2 aromatic carbocycles. The summed E-state index contributed by atoms with van der Waals surface area (Å²) in [5, 5.41) is 3.90. The molecule has 1 heterocycles. The Morgan fingerprint density at radius 1 is 0.933 bits per heavy atom. The third-order valence-corrected chi connectivity index (χ3v) is 6.34. The van der Waals surface area contributed by atoms with Gasteiger partial charge in [0.05, 0.1) is 16.1 Å². The van der Waals surface area contributed by atoms with Gasteiger partial charge in [-0.25, -0.2) is 0 Å². The van der Waals surface area contributed by atoms with Crippen LogP contribution in [0.2, 0.25) is 10.0 Å². The summed E-state index contributed by atoms with van der Waals surface area (Å²) in [5.41, 5.74) is 3.36. The number of ether oxygens (including phenoxy) is 1. The minimum Gasteiger partial charge on any atom is -0.491 e. The highest BCUT2D eigenvalue weighted by molar-refractivity contribution is 6.42. The van der Waals surface area contributed by atoms with Crippen molar-refractivity contribution in [2.75, 3.05) is 0 Å². The van der Waals surface area contributed by atoms with E-state index in [1.54, 1.807) is 6.07 Å². The Labute approximate surface area is 186 Å². The maximum atomic E-state index is 13.2. The Morgan fingerprint density at radius 3 is 2.30 bits per heavy atom. The second-order valence-electron chi connectivity index (χ2n) is 8.13. The van der Waals surface area contributed by atoms with E-state index in [-0.39, 0.29) is 36.1 Å². The molecule has 1 amide bonds. The lowest BCUT2D eigenvalue weighted by atomic mass is 9.73. The number of rotatable bonds is 4. The molecule has 0 fully saturated rings. The summed E-state index contributed by atoms with van der Waals surface area (Å²) < 4.78 is 5.71. The fourth-order valence-corrected chi connectivity index (χ4v) is 4.60. The summed E-state index contributed by atoms with van der Waals surface area (Å²) in [6, 6.07) is 13.1. The lowest BCUT2D eigenvalue weighted by Crippen LogP contribution is -2.38. The van der Waals surface area contributed by atoms with Crippen molar-refractivity contribution in [3.05, 3.63) is 74.9 Å². The van der Waals surface area contributed by atoms with Crippen molar-refractivity contribution in [1.82, 2.24) is 5.32 Å². The van der Waals surface area contributed by atoms with Gasteiger partial charge in [-0.1, -0.05) is 41.4 Å². The molecule has 156 valence electrons. The van der Waals surface area contributed by atoms with Gasteiger partial charge in [-0.15, -0.1) is 0 Å². The van der Waals surface area contributed by atoms with E-state index >= 15 is 0 Å². The van der Waals surface area contributed by atoms with Crippen LogP contribution in [0.1, 0.15) is 56.1 Å². The van der Waals surface area contributed by atoms with E-state index in [0.717, 1.165) is 28.1 Å². The van der Waals surface area contributed by atoms with Gasteiger partial charge < -0.3 is 10.1 Å². The number of nitrogens with one attached hydrogen (secondary N) is 1. The molecule has 4 nitrogen and oxygen atoms in total. The van der Waals surface area contributed by atoms with E-state index in [0.29, 0.717) is 22.9 Å². The number of carbonyl (C=O) groups excluding carboxylic acids is 2. The number of benzene rings is 2. The molecule has 1 aliphatic heterocycles. The first-order valence-electron chi connectivity index (χ1n) is 10.1. The molecule has 6 heteroatoms. The SMILES string of the molecule is CC(C)Oc1ccc(C2CC(=O)NC3=C2C(=O)CC(c2ccc(Cl)c(Cl)c2)C3)cc1. The van der Waals surface area contributed by atoms with Gasteiger partial charge >= 0.3 is 0 Å². The molecule has 1 N–H and O–H groups in total. The predicted molar refractivity (Wildman–Crippen MR) is 118 cm³/mol. The summed E-state index contributed by atoms with van der Waals surface area (Å²) in [6.07, 6.45) is 1.34. The summed E-state index contributed by atoms with van der Waals surface area (Å²) >= 11 is 12.2. The average molecular weight is 444 g/mol. The molecule has 2 aromatic rings. The fourth-order valence-electron chi connectivity index (χ4n) is 4.30. The molecule has 0 aromatic heterocycles. The van der Waals surface area contributed by atoms with Crippen molar-refractivity contribution in [2.24, 2.45) is 0 Å². The second-order valence-corrected chi connectivity index (χ2v) is 8.95. The minimum absolute atomic E-state index is 0.0353. The summed E-state index contributed by atoms with van der Waals surface area (Å²) in [4.78, 5) is 25.6. The smallest absolute Gasteiger partial charge is 0.225 e. The van der Waals surface area contributed by atoms with Crippen LogP contribution in [0.15, 0.2) is 53.7 Å². The van der Waals surface area contributed by atoms with Crippen molar-refractivity contribution in [1.29, 1.82) is 0 Å². The first-order valence-corrected chi connectivity index (χ1v) is 10.8. The first kappa shape index (κ1) is 21.0. The average Bonchev–Trinajstić information content (AvgIpc) is 2.69. The number of Topliss-reactive ketones (excluding diaryl/α,β-unsaturated/α-hetero) is 1. The molecular formula is C24H23Cl2NO3. The standard InChI is InChI=1S/C24H23Cl2NO3/c1-13(2)30-17-6-3-14(4-7-17)18-12-23(29)27-21-10-16(11-22(28)24(18)21)15-5-8-19(25)20(26)9-15/h3-9,13,16,18H,10-12H2,1-2H3,(H,27,29). The highest BCUT2D eigenvalue weighted by atomic mass is 35.5. The van der Waals surface area contributed by atoms with E-state index in [2.05, 4.69) is 5.32 Å². The Hall–Kier alpha value is -2.30. The van der Waals surface area contributed by atoms with Crippen molar-refractivity contribution < 1.29 is 14.3 Å². The van der Waals surface area contributed by atoms with Gasteiger partial charge in [0.25, 0.3) is 0 Å². The van der Waals surface area contributed by atoms with E-state index < -0.39 is 0 Å². The highest BCUT2D eigenvalue weighted by Gasteiger charge is 2.38. The maximum Gasteiger partial charge on any atom is 0.225 e. The molecular weight excluding hydrogens is 421 g/mol. The molecule has 2 aliphatic rings. The van der Waals surface area contributed by atoms with Crippen LogP contribution in [-0.2, 0) is 9.59 Å². The van der Waals surface area contributed by atoms with Gasteiger partial charge in [-0.2, -0.15) is 0 Å². The molecule has 0 spiro atoms. The fraction of sp³-hybridized carbons (Fsp3) is 0.333. The normalized spacial score (nSPS) is 21.5. The molecule has 0 saturated carbocycles. The van der Waals surface area contributed by atoms with E-state index in [9.17, 15) is 9.59 Å². The summed E-state index contributed by atoms with van der Waals surface area (Å²) in [7, 11) is 0. The van der Waals surface area contributed by atoms with Crippen molar-refractivity contribution >= 4 is 34.9 Å². The monoisotopic (exact) mass is 443 g/mol. The van der Waals surface area contributed by atoms with E-state index in [1.807, 2.05) is 50.2 Å². The van der Waals surface area contributed by atoms with Gasteiger partial charge in [0, 0.05) is 30.0 Å². The maximum absolute atomic E-state index is 13.2. The minimum atomic E-state index is -0.232. The van der Waals surface area contributed by atoms with Crippen LogP contribution < -0.4 is 10.1 Å². The van der Waals surface area contributed by atoms with Crippen LogP contribution in [0.25, 0.3) is 0 Å². The molecule has 0 radical (unpaired) electrons. The Kier molecular flexibility index (Phi) is 5.90. The van der Waals surface area contributed by atoms with Crippen LogP contribution in [0.4, 0.5) is 0 Å². The van der Waals surface area contributed by atoms with Gasteiger partial charge in [-0.3, -0.25) is 9.59 Å². The van der Waals surface area contributed by atoms with Crippen LogP contribution >= 0.6 is 23.2 Å². The van der Waals surface area contributed by atoms with Gasteiger partial charge in [0.1, 0.15) is 5.75 Å². The van der Waals surface area contributed by atoms with Crippen LogP contribution in [0.5, 0.6) is 5.75 Å². The van der Waals surface area contributed by atoms with Gasteiger partial charge in [-0.05, 0) is 61.6 Å². The summed E-state index contributed by atoms with van der Waals surface area (Å²) in [6.45, 7) is 3.95. The Bertz CT molecular complexity index is 1030. The number of halogens is 2. The van der Waals surface area contributed by atoms with Crippen LogP contribution in [0, 0.1) is 0 Å². The molecule has 1 aliphatic carbocycles. The van der Waals surface area contributed by atoms with Crippen LogP contribution in [0.3, 0.4) is 0 Å².